The topological polar surface area (TPSA) is 108 Å². The number of aromatic carboxylic acids is 1. The molecule has 1 aliphatic heterocycles. The summed E-state index contributed by atoms with van der Waals surface area (Å²) in [7, 11) is 1.32. The number of β-amino-alcohol motifs (C(OH)–C–C–N with tert-alkyl or cyclic N) is 1. The van der Waals surface area contributed by atoms with Gasteiger partial charge in [0.15, 0.2) is 28.7 Å². The monoisotopic (exact) mass is 407 g/mol. The number of aliphatic hydroxyl groups is 1. The van der Waals surface area contributed by atoms with Crippen LogP contribution in [0, 0.1) is 5.82 Å². The van der Waals surface area contributed by atoms with Gasteiger partial charge in [-0.05, 0) is 44.1 Å². The molecule has 9 heteroatoms. The zero-order valence-electron chi connectivity index (χ0n) is 16.4. The van der Waals surface area contributed by atoms with Crippen molar-refractivity contribution >= 4 is 11.8 Å². The minimum absolute atomic E-state index is 0.0136. The van der Waals surface area contributed by atoms with Crippen LogP contribution in [0.2, 0.25) is 0 Å². The molecule has 1 saturated heterocycles. The third-order valence-electron chi connectivity index (χ3n) is 4.99. The average molecular weight is 407 g/mol. The lowest BCUT2D eigenvalue weighted by Crippen LogP contribution is -2.36. The Hall–Kier alpha value is -2.65. The molecule has 1 atom stereocenters. The maximum Gasteiger partial charge on any atom is 0.343 e. The lowest BCUT2D eigenvalue weighted by molar-refractivity contribution is 0.0697. The number of hydrogen-bond acceptors (Lipinski definition) is 7. The van der Waals surface area contributed by atoms with Crippen molar-refractivity contribution in [3.63, 3.8) is 0 Å². The third-order valence-corrected chi connectivity index (χ3v) is 4.99. The second-order valence-electron chi connectivity index (χ2n) is 7.14. The SMILES string of the molecule is COc1cc(-c2onc(NCC(O)CN3CCCCCC3)c2C(=O)O)ccc1F. The van der Waals surface area contributed by atoms with Crippen LogP contribution in [0.3, 0.4) is 0 Å². The first kappa shape index (κ1) is 21.1. The highest BCUT2D eigenvalue weighted by Gasteiger charge is 2.25. The normalized spacial score (nSPS) is 16.2. The van der Waals surface area contributed by atoms with Gasteiger partial charge in [-0.1, -0.05) is 18.0 Å². The number of benzene rings is 1. The van der Waals surface area contributed by atoms with E-state index in [2.05, 4.69) is 15.4 Å². The summed E-state index contributed by atoms with van der Waals surface area (Å²) in [4.78, 5) is 14.0. The van der Waals surface area contributed by atoms with Gasteiger partial charge in [0, 0.05) is 18.7 Å². The Balaban J connectivity index is 1.71. The lowest BCUT2D eigenvalue weighted by atomic mass is 10.1. The minimum Gasteiger partial charge on any atom is -0.494 e. The number of carbonyl (C=O) groups is 1. The van der Waals surface area contributed by atoms with Crippen molar-refractivity contribution in [1.29, 1.82) is 0 Å². The molecule has 2 aromatic rings. The molecule has 0 bridgehead atoms. The van der Waals surface area contributed by atoms with Crippen LogP contribution >= 0.6 is 0 Å². The average Bonchev–Trinajstić information content (AvgIpc) is 2.97. The molecule has 0 radical (unpaired) electrons. The number of halogens is 1. The van der Waals surface area contributed by atoms with E-state index in [1.54, 1.807) is 0 Å². The van der Waals surface area contributed by atoms with Gasteiger partial charge in [0.2, 0.25) is 0 Å². The molecule has 1 unspecified atom stereocenters. The van der Waals surface area contributed by atoms with Crippen molar-refractivity contribution in [2.24, 2.45) is 0 Å². The van der Waals surface area contributed by atoms with E-state index in [1.165, 1.54) is 38.2 Å². The molecule has 8 nitrogen and oxygen atoms in total. The Morgan fingerprint density at radius 3 is 2.72 bits per heavy atom. The van der Waals surface area contributed by atoms with Gasteiger partial charge < -0.3 is 29.7 Å². The van der Waals surface area contributed by atoms with Crippen molar-refractivity contribution < 1.29 is 28.7 Å². The number of aromatic nitrogens is 1. The van der Waals surface area contributed by atoms with Gasteiger partial charge in [-0.25, -0.2) is 9.18 Å². The van der Waals surface area contributed by atoms with Gasteiger partial charge in [0.1, 0.15) is 0 Å². The van der Waals surface area contributed by atoms with Gasteiger partial charge in [0.05, 0.1) is 13.2 Å². The van der Waals surface area contributed by atoms with Crippen molar-refractivity contribution in [2.45, 2.75) is 31.8 Å². The molecule has 0 amide bonds. The fraction of sp³-hybridized carbons (Fsp3) is 0.500. The number of methoxy groups -OCH3 is 1. The van der Waals surface area contributed by atoms with Crippen molar-refractivity contribution in [2.75, 3.05) is 38.6 Å². The molecule has 1 aromatic heterocycles. The highest BCUT2D eigenvalue weighted by molar-refractivity contribution is 5.99. The van der Waals surface area contributed by atoms with E-state index in [-0.39, 0.29) is 29.4 Å². The van der Waals surface area contributed by atoms with E-state index in [4.69, 9.17) is 9.26 Å². The van der Waals surface area contributed by atoms with Gasteiger partial charge in [0.25, 0.3) is 0 Å². The van der Waals surface area contributed by atoms with E-state index >= 15 is 0 Å². The largest absolute Gasteiger partial charge is 0.494 e. The van der Waals surface area contributed by atoms with E-state index in [0.29, 0.717) is 12.1 Å². The summed E-state index contributed by atoms with van der Waals surface area (Å²) in [5.41, 5.74) is 0.145. The molecule has 1 fully saturated rings. The predicted molar refractivity (Wildman–Crippen MR) is 105 cm³/mol. The zero-order valence-corrected chi connectivity index (χ0v) is 16.4. The van der Waals surface area contributed by atoms with E-state index in [9.17, 15) is 19.4 Å². The summed E-state index contributed by atoms with van der Waals surface area (Å²) in [6, 6.07) is 3.91. The molecule has 29 heavy (non-hydrogen) atoms. The van der Waals surface area contributed by atoms with Crippen molar-refractivity contribution in [3.05, 3.63) is 29.6 Å². The summed E-state index contributed by atoms with van der Waals surface area (Å²) in [6.07, 6.45) is 3.99. The first-order valence-electron chi connectivity index (χ1n) is 9.70. The number of likely N-dealkylation sites (tertiary alicyclic amines) is 1. The Kier molecular flexibility index (Phi) is 7.05. The van der Waals surface area contributed by atoms with Crippen LogP contribution in [-0.2, 0) is 0 Å². The number of carboxylic acids is 1. The van der Waals surface area contributed by atoms with Crippen LogP contribution in [0.15, 0.2) is 22.7 Å². The molecular formula is C20H26FN3O5. The fourth-order valence-electron chi connectivity index (χ4n) is 3.50. The molecule has 3 N–H and O–H groups in total. The first-order valence-corrected chi connectivity index (χ1v) is 9.70. The van der Waals surface area contributed by atoms with E-state index in [0.717, 1.165) is 25.9 Å². The maximum atomic E-state index is 13.6. The number of nitrogens with one attached hydrogen (secondary N) is 1. The predicted octanol–water partition coefficient (Wildman–Crippen LogP) is 2.84. The number of nitrogens with zero attached hydrogens (tertiary/aromatic N) is 2. The maximum absolute atomic E-state index is 13.6. The second kappa shape index (κ2) is 9.71. The number of rotatable bonds is 8. The molecule has 0 saturated carbocycles. The number of aliphatic hydroxyl groups excluding tert-OH is 1. The quantitative estimate of drug-likeness (QED) is 0.613. The van der Waals surface area contributed by atoms with Crippen LogP contribution in [0.4, 0.5) is 10.2 Å². The molecule has 0 spiro atoms. The summed E-state index contributed by atoms with van der Waals surface area (Å²) in [6.45, 7) is 2.56. The first-order chi connectivity index (χ1) is 14.0. The van der Waals surface area contributed by atoms with Crippen LogP contribution in [0.1, 0.15) is 36.0 Å². The van der Waals surface area contributed by atoms with Crippen LogP contribution in [0.25, 0.3) is 11.3 Å². The Labute approximate surface area is 168 Å². The van der Waals surface area contributed by atoms with Crippen molar-refractivity contribution in [3.8, 4) is 17.1 Å². The van der Waals surface area contributed by atoms with Crippen LogP contribution in [0.5, 0.6) is 5.75 Å². The smallest absolute Gasteiger partial charge is 0.343 e. The van der Waals surface area contributed by atoms with Crippen LogP contribution < -0.4 is 10.1 Å². The Morgan fingerprint density at radius 2 is 2.07 bits per heavy atom. The minimum atomic E-state index is -1.24. The van der Waals surface area contributed by atoms with Crippen LogP contribution in [-0.4, -0.2) is 65.6 Å². The number of ether oxygens (including phenoxy) is 1. The summed E-state index contributed by atoms with van der Waals surface area (Å²) in [5.74, 6) is -1.83. The van der Waals surface area contributed by atoms with Crippen molar-refractivity contribution in [1.82, 2.24) is 10.1 Å². The highest BCUT2D eigenvalue weighted by atomic mass is 19.1. The number of anilines is 1. The van der Waals surface area contributed by atoms with Gasteiger partial charge in [-0.2, -0.15) is 0 Å². The van der Waals surface area contributed by atoms with Gasteiger partial charge in [-0.3, -0.25) is 0 Å². The van der Waals surface area contributed by atoms with E-state index < -0.39 is 17.9 Å². The summed E-state index contributed by atoms with van der Waals surface area (Å²) < 4.78 is 23.8. The number of carboxylic acid groups (broad SMARTS) is 1. The highest BCUT2D eigenvalue weighted by Crippen LogP contribution is 2.32. The number of hydrogen-bond donors (Lipinski definition) is 3. The lowest BCUT2D eigenvalue weighted by Gasteiger charge is -2.23. The molecule has 158 valence electrons. The van der Waals surface area contributed by atoms with Gasteiger partial charge >= 0.3 is 5.97 Å². The molecule has 3 rings (SSSR count). The second-order valence-corrected chi connectivity index (χ2v) is 7.14. The standard InChI is InChI=1S/C20H26FN3O5/c1-28-16-10-13(6-7-15(16)21)18-17(20(26)27)19(23-29-18)22-11-14(25)12-24-8-4-2-3-5-9-24/h6-7,10,14,25H,2-5,8-9,11-12H2,1H3,(H,22,23)(H,26,27). The zero-order chi connectivity index (χ0) is 20.8. The third kappa shape index (κ3) is 5.24. The molecule has 1 aliphatic rings. The Morgan fingerprint density at radius 1 is 1.34 bits per heavy atom. The molecular weight excluding hydrogens is 381 g/mol. The molecule has 0 aliphatic carbocycles. The summed E-state index contributed by atoms with van der Waals surface area (Å²) in [5, 5.41) is 26.6. The molecule has 2 heterocycles. The Bertz CT molecular complexity index is 834. The summed E-state index contributed by atoms with van der Waals surface area (Å²) >= 11 is 0. The van der Waals surface area contributed by atoms with E-state index in [1.807, 2.05) is 0 Å². The fourth-order valence-corrected chi connectivity index (χ4v) is 3.50. The van der Waals surface area contributed by atoms with Gasteiger partial charge in [-0.15, -0.1) is 0 Å². The molecule has 1 aromatic carbocycles.